The lowest BCUT2D eigenvalue weighted by molar-refractivity contribution is -0.136. The number of carbonyl (C=O) groups is 1. The van der Waals surface area contributed by atoms with Gasteiger partial charge < -0.3 is 15.3 Å². The van der Waals surface area contributed by atoms with E-state index in [0.29, 0.717) is 30.6 Å². The number of carboxylic acids is 1. The van der Waals surface area contributed by atoms with E-state index in [0.717, 1.165) is 25.7 Å². The van der Waals surface area contributed by atoms with Crippen molar-refractivity contribution in [1.29, 1.82) is 0 Å². The van der Waals surface area contributed by atoms with Gasteiger partial charge in [0.05, 0.1) is 12.0 Å². The maximum absolute atomic E-state index is 10.7. The molecule has 4 heteroatoms. The Hall–Kier alpha value is -1.31. The maximum atomic E-state index is 10.7. The summed E-state index contributed by atoms with van der Waals surface area (Å²) in [6.45, 7) is 4.32. The summed E-state index contributed by atoms with van der Waals surface area (Å²) >= 11 is 0. The van der Waals surface area contributed by atoms with Crippen molar-refractivity contribution in [1.82, 2.24) is 0 Å². The van der Waals surface area contributed by atoms with E-state index in [1.807, 2.05) is 0 Å². The third kappa shape index (κ3) is 5.34. The lowest BCUT2D eigenvalue weighted by Gasteiger charge is -2.53. The predicted octanol–water partition coefficient (Wildman–Crippen LogP) is 3.77. The minimum Gasteiger partial charge on any atom is -0.481 e. The number of carboxylic acid groups (broad SMARTS) is 1. The minimum atomic E-state index is -0.763. The van der Waals surface area contributed by atoms with Crippen LogP contribution in [-0.4, -0.2) is 33.5 Å². The molecule has 2 saturated carbocycles. The number of hydrogen-bond acceptors (Lipinski definition) is 3. The molecule has 0 aromatic heterocycles. The molecule has 2 aliphatic rings. The Morgan fingerprint density at radius 3 is 2.77 bits per heavy atom. The van der Waals surface area contributed by atoms with E-state index in [2.05, 4.69) is 31.8 Å². The molecule has 0 saturated heterocycles. The first-order valence-electron chi connectivity index (χ1n) is 10.2. The van der Waals surface area contributed by atoms with Gasteiger partial charge in [-0.15, -0.1) is 0 Å². The van der Waals surface area contributed by atoms with E-state index in [-0.39, 0.29) is 12.3 Å². The topological polar surface area (TPSA) is 77.8 Å². The Labute approximate surface area is 157 Å². The van der Waals surface area contributed by atoms with Crippen molar-refractivity contribution >= 4 is 5.97 Å². The number of aliphatic carboxylic acids is 1. The van der Waals surface area contributed by atoms with Gasteiger partial charge in [0, 0.05) is 6.42 Å². The molecule has 0 spiro atoms. The van der Waals surface area contributed by atoms with Crippen LogP contribution in [0.5, 0.6) is 0 Å². The zero-order valence-corrected chi connectivity index (χ0v) is 16.2. The van der Waals surface area contributed by atoms with E-state index in [4.69, 9.17) is 5.11 Å². The quantitative estimate of drug-likeness (QED) is 0.349. The molecule has 0 heterocycles. The van der Waals surface area contributed by atoms with Crippen molar-refractivity contribution in [3.05, 3.63) is 11.6 Å². The van der Waals surface area contributed by atoms with Crippen molar-refractivity contribution in [2.45, 2.75) is 83.8 Å². The largest absolute Gasteiger partial charge is 0.481 e. The average molecular weight is 363 g/mol. The number of unbranched alkanes of at least 4 members (excludes halogenated alkanes) is 3. The molecule has 2 fully saturated rings. The molecular weight excluding hydrogens is 328 g/mol. The summed E-state index contributed by atoms with van der Waals surface area (Å²) in [4.78, 5) is 10.7. The lowest BCUT2D eigenvalue weighted by Crippen LogP contribution is -2.50. The second-order valence-electron chi connectivity index (χ2n) is 7.93. The fourth-order valence-electron chi connectivity index (χ4n) is 4.64. The molecule has 6 atom stereocenters. The first kappa shape index (κ1) is 21.0. The van der Waals surface area contributed by atoms with Crippen LogP contribution in [0.2, 0.25) is 0 Å². The highest BCUT2D eigenvalue weighted by molar-refractivity contribution is 5.66. The zero-order valence-electron chi connectivity index (χ0n) is 16.2. The Balaban J connectivity index is 1.93. The van der Waals surface area contributed by atoms with Gasteiger partial charge in [-0.05, 0) is 49.9 Å². The number of aliphatic hydroxyl groups is 2. The van der Waals surface area contributed by atoms with E-state index < -0.39 is 18.2 Å². The molecule has 0 aliphatic heterocycles. The van der Waals surface area contributed by atoms with Gasteiger partial charge in [0.15, 0.2) is 0 Å². The molecular formula is C22H34O4. The second-order valence-corrected chi connectivity index (χ2v) is 7.93. The van der Waals surface area contributed by atoms with Crippen molar-refractivity contribution in [3.8, 4) is 11.8 Å². The molecule has 0 bridgehead atoms. The van der Waals surface area contributed by atoms with Crippen LogP contribution in [0.4, 0.5) is 0 Å². The Kier molecular flexibility index (Phi) is 8.18. The molecule has 0 amide bonds. The molecule has 4 nitrogen and oxygen atoms in total. The van der Waals surface area contributed by atoms with Crippen molar-refractivity contribution < 1.29 is 20.1 Å². The van der Waals surface area contributed by atoms with E-state index in [1.54, 1.807) is 0 Å². The van der Waals surface area contributed by atoms with Crippen LogP contribution >= 0.6 is 0 Å². The number of fused-ring (bicyclic) bond motifs is 1. The Morgan fingerprint density at radius 1 is 1.31 bits per heavy atom. The normalized spacial score (nSPS) is 32.9. The number of allylic oxidation sites excluding steroid dienone is 2. The van der Waals surface area contributed by atoms with Crippen LogP contribution in [0, 0.1) is 35.5 Å². The summed E-state index contributed by atoms with van der Waals surface area (Å²) in [7, 11) is 0. The van der Waals surface area contributed by atoms with Gasteiger partial charge >= 0.3 is 5.97 Å². The van der Waals surface area contributed by atoms with Crippen molar-refractivity contribution in [2.24, 2.45) is 23.7 Å². The summed E-state index contributed by atoms with van der Waals surface area (Å²) in [6.07, 6.45) is 8.71. The molecule has 3 N–H and O–H groups in total. The minimum absolute atomic E-state index is 0.0781. The van der Waals surface area contributed by atoms with Gasteiger partial charge in [0.2, 0.25) is 0 Å². The van der Waals surface area contributed by atoms with Gasteiger partial charge in [-0.3, -0.25) is 4.79 Å². The third-order valence-electron chi connectivity index (χ3n) is 6.08. The molecule has 26 heavy (non-hydrogen) atoms. The summed E-state index contributed by atoms with van der Waals surface area (Å²) in [6, 6.07) is 0. The van der Waals surface area contributed by atoms with Crippen LogP contribution in [0.25, 0.3) is 0 Å². The molecule has 0 aromatic rings. The average Bonchev–Trinajstić information content (AvgIpc) is 2.61. The zero-order chi connectivity index (χ0) is 19.1. The predicted molar refractivity (Wildman–Crippen MR) is 102 cm³/mol. The first-order chi connectivity index (χ1) is 12.5. The van der Waals surface area contributed by atoms with Crippen LogP contribution in [-0.2, 0) is 4.79 Å². The van der Waals surface area contributed by atoms with Crippen LogP contribution < -0.4 is 0 Å². The fourth-order valence-corrected chi connectivity index (χ4v) is 4.64. The maximum Gasteiger partial charge on any atom is 0.303 e. The fraction of sp³-hybridized carbons (Fsp3) is 0.773. The van der Waals surface area contributed by atoms with Gasteiger partial charge in [-0.25, -0.2) is 0 Å². The molecule has 2 rings (SSSR count). The van der Waals surface area contributed by atoms with Crippen molar-refractivity contribution in [3.63, 3.8) is 0 Å². The van der Waals surface area contributed by atoms with Crippen LogP contribution in [0.15, 0.2) is 11.6 Å². The van der Waals surface area contributed by atoms with Crippen molar-refractivity contribution in [2.75, 3.05) is 0 Å². The summed E-state index contributed by atoms with van der Waals surface area (Å²) in [5, 5.41) is 29.3. The van der Waals surface area contributed by atoms with Gasteiger partial charge in [0.25, 0.3) is 0 Å². The van der Waals surface area contributed by atoms with Gasteiger partial charge in [-0.1, -0.05) is 56.6 Å². The Bertz CT molecular complexity index is 556. The number of hydrogen-bond donors (Lipinski definition) is 3. The summed E-state index contributed by atoms with van der Waals surface area (Å²) in [5.74, 6) is 6.43. The second kappa shape index (κ2) is 10.1. The van der Waals surface area contributed by atoms with E-state index in [9.17, 15) is 15.0 Å². The number of aliphatic hydroxyl groups excluding tert-OH is 2. The SMILES string of the molecule is CCCCCCC(O)C#C[C@H]1[C@@H]2C(C)C(=CCCC(=O)O)[C@@H]2CC[C@@H]1O. The molecule has 146 valence electrons. The van der Waals surface area contributed by atoms with Gasteiger partial charge in [-0.2, -0.15) is 0 Å². The molecule has 0 radical (unpaired) electrons. The lowest BCUT2D eigenvalue weighted by atomic mass is 9.51. The monoisotopic (exact) mass is 362 g/mol. The van der Waals surface area contributed by atoms with Crippen LogP contribution in [0.3, 0.4) is 0 Å². The third-order valence-corrected chi connectivity index (χ3v) is 6.08. The highest BCUT2D eigenvalue weighted by Gasteiger charge is 2.50. The highest BCUT2D eigenvalue weighted by atomic mass is 16.4. The van der Waals surface area contributed by atoms with Gasteiger partial charge in [0.1, 0.15) is 6.10 Å². The van der Waals surface area contributed by atoms with Crippen LogP contribution in [0.1, 0.15) is 71.6 Å². The molecule has 0 aromatic carbocycles. The first-order valence-corrected chi connectivity index (χ1v) is 10.2. The summed E-state index contributed by atoms with van der Waals surface area (Å²) < 4.78 is 0. The standard InChI is InChI=1S/C22H34O4/c1-3-4-5-6-8-16(23)11-12-19-20(24)14-13-18-17(15(2)22(18)19)9-7-10-21(25)26/h9,15-16,18-20,22-24H,3-8,10,13-14H2,1-2H3,(H,25,26)/t15?,16?,18-,19+,20-,22+/m0/s1. The van der Waals surface area contributed by atoms with E-state index >= 15 is 0 Å². The molecule has 2 unspecified atom stereocenters. The smallest absolute Gasteiger partial charge is 0.303 e. The number of rotatable bonds is 8. The molecule has 2 aliphatic carbocycles. The highest BCUT2D eigenvalue weighted by Crippen LogP contribution is 2.55. The summed E-state index contributed by atoms with van der Waals surface area (Å²) in [5.41, 5.74) is 1.34. The Morgan fingerprint density at radius 2 is 2.08 bits per heavy atom. The van der Waals surface area contributed by atoms with E-state index in [1.165, 1.54) is 18.4 Å².